The summed E-state index contributed by atoms with van der Waals surface area (Å²) >= 11 is 0. The molecule has 0 fully saturated rings. The molecule has 1 N–H and O–H groups in total. The van der Waals surface area contributed by atoms with Crippen molar-refractivity contribution >= 4 is 23.4 Å². The molecule has 0 aliphatic carbocycles. The van der Waals surface area contributed by atoms with Crippen LogP contribution >= 0.6 is 0 Å². The van der Waals surface area contributed by atoms with Gasteiger partial charge in [-0.3, -0.25) is 4.79 Å². The minimum Gasteiger partial charge on any atom is -0.322 e. The number of benzene rings is 2. The van der Waals surface area contributed by atoms with Gasteiger partial charge in [-0.05, 0) is 37.3 Å². The Bertz CT molecular complexity index is 641. The van der Waals surface area contributed by atoms with Crippen molar-refractivity contribution in [3.8, 4) is 0 Å². The highest BCUT2D eigenvalue weighted by molar-refractivity contribution is 6.04. The van der Waals surface area contributed by atoms with Gasteiger partial charge < -0.3 is 5.32 Å². The van der Waals surface area contributed by atoms with Crippen molar-refractivity contribution in [1.29, 1.82) is 0 Å². The Kier molecular flexibility index (Phi) is 3.86. The second kappa shape index (κ2) is 5.76. The summed E-state index contributed by atoms with van der Waals surface area (Å²) in [6.07, 6.45) is 1.45. The molecule has 4 heteroatoms. The van der Waals surface area contributed by atoms with Crippen LogP contribution in [0.3, 0.4) is 0 Å². The van der Waals surface area contributed by atoms with Crippen LogP contribution in [0.5, 0.6) is 0 Å². The molecule has 2 aromatic rings. The zero-order valence-electron chi connectivity index (χ0n) is 10.4. The topological polar surface area (TPSA) is 58.5 Å². The Morgan fingerprint density at radius 2 is 1.89 bits per heavy atom. The number of hydrogen-bond acceptors (Lipinski definition) is 3. The molecular formula is C15H12N2O2. The van der Waals surface area contributed by atoms with Crippen LogP contribution < -0.4 is 5.32 Å². The summed E-state index contributed by atoms with van der Waals surface area (Å²) in [5.74, 6) is -0.244. The molecule has 4 nitrogen and oxygen atoms in total. The number of aliphatic imine (C=N–C) groups is 1. The number of carbonyl (C=O) groups is 1. The fraction of sp³-hybridized carbons (Fsp3) is 0.0667. The Morgan fingerprint density at radius 3 is 2.58 bits per heavy atom. The van der Waals surface area contributed by atoms with Crippen molar-refractivity contribution < 1.29 is 9.59 Å². The zero-order valence-corrected chi connectivity index (χ0v) is 10.4. The van der Waals surface area contributed by atoms with Gasteiger partial charge >= 0.3 is 0 Å². The summed E-state index contributed by atoms with van der Waals surface area (Å²) in [4.78, 5) is 25.7. The molecule has 0 aromatic heterocycles. The summed E-state index contributed by atoms with van der Waals surface area (Å²) in [6, 6.07) is 14.0. The van der Waals surface area contributed by atoms with E-state index in [9.17, 15) is 9.59 Å². The van der Waals surface area contributed by atoms with Crippen molar-refractivity contribution in [2.75, 3.05) is 5.32 Å². The number of aryl methyl sites for hydroxylation is 1. The van der Waals surface area contributed by atoms with Gasteiger partial charge in [-0.25, -0.2) is 4.79 Å². The van der Waals surface area contributed by atoms with Crippen molar-refractivity contribution in [3.05, 3.63) is 59.7 Å². The van der Waals surface area contributed by atoms with Crippen LogP contribution in [0.25, 0.3) is 0 Å². The minimum atomic E-state index is -0.244. The Hall–Kier alpha value is -2.71. The maximum Gasteiger partial charge on any atom is 0.255 e. The minimum absolute atomic E-state index is 0.244. The summed E-state index contributed by atoms with van der Waals surface area (Å²) in [5, 5.41) is 2.78. The van der Waals surface area contributed by atoms with Crippen LogP contribution in [0.2, 0.25) is 0 Å². The highest BCUT2D eigenvalue weighted by Gasteiger charge is 2.06. The van der Waals surface area contributed by atoms with Crippen LogP contribution in [-0.4, -0.2) is 12.0 Å². The molecule has 0 spiro atoms. The molecule has 0 unspecified atom stereocenters. The van der Waals surface area contributed by atoms with Gasteiger partial charge in [0, 0.05) is 11.3 Å². The van der Waals surface area contributed by atoms with Gasteiger partial charge in [0.25, 0.3) is 5.91 Å². The van der Waals surface area contributed by atoms with E-state index in [1.165, 1.54) is 12.1 Å². The quantitative estimate of drug-likeness (QED) is 0.673. The monoisotopic (exact) mass is 252 g/mol. The number of nitrogens with zero attached hydrogens (tertiary/aromatic N) is 1. The van der Waals surface area contributed by atoms with Crippen molar-refractivity contribution in [3.63, 3.8) is 0 Å². The van der Waals surface area contributed by atoms with E-state index >= 15 is 0 Å². The number of nitrogens with one attached hydrogen (secondary N) is 1. The maximum atomic E-state index is 12.0. The lowest BCUT2D eigenvalue weighted by Crippen LogP contribution is -2.11. The van der Waals surface area contributed by atoms with E-state index in [2.05, 4.69) is 10.3 Å². The first-order valence-electron chi connectivity index (χ1n) is 5.75. The number of hydrogen-bond donors (Lipinski definition) is 1. The van der Waals surface area contributed by atoms with Crippen LogP contribution in [0.15, 0.2) is 53.5 Å². The van der Waals surface area contributed by atoms with Gasteiger partial charge in [0.15, 0.2) is 0 Å². The van der Waals surface area contributed by atoms with Crippen LogP contribution in [0.4, 0.5) is 11.4 Å². The third-order valence-electron chi connectivity index (χ3n) is 2.59. The lowest BCUT2D eigenvalue weighted by Gasteiger charge is -2.05. The SMILES string of the molecule is Cc1ccc(NC(=O)c2cccc(N=C=O)c2)cc1. The first-order valence-corrected chi connectivity index (χ1v) is 5.75. The molecule has 19 heavy (non-hydrogen) atoms. The lowest BCUT2D eigenvalue weighted by molar-refractivity contribution is 0.102. The number of amides is 1. The summed E-state index contributed by atoms with van der Waals surface area (Å²) in [5.41, 5.74) is 2.70. The first kappa shape index (κ1) is 12.7. The number of anilines is 1. The average Bonchev–Trinajstić information content (AvgIpc) is 2.42. The predicted molar refractivity (Wildman–Crippen MR) is 73.4 cm³/mol. The summed E-state index contributed by atoms with van der Waals surface area (Å²) in [7, 11) is 0. The van der Waals surface area contributed by atoms with E-state index in [0.717, 1.165) is 11.3 Å². The number of rotatable bonds is 3. The molecular weight excluding hydrogens is 240 g/mol. The Labute approximate surface area is 110 Å². The van der Waals surface area contributed by atoms with E-state index in [1.54, 1.807) is 18.2 Å². The average molecular weight is 252 g/mol. The van der Waals surface area contributed by atoms with Gasteiger partial charge in [0.1, 0.15) is 0 Å². The molecule has 0 aliphatic heterocycles. The van der Waals surface area contributed by atoms with E-state index in [4.69, 9.17) is 0 Å². The summed E-state index contributed by atoms with van der Waals surface area (Å²) < 4.78 is 0. The van der Waals surface area contributed by atoms with E-state index in [0.29, 0.717) is 11.3 Å². The molecule has 0 heterocycles. The maximum absolute atomic E-state index is 12.0. The molecule has 94 valence electrons. The third-order valence-corrected chi connectivity index (χ3v) is 2.59. The molecule has 0 atom stereocenters. The van der Waals surface area contributed by atoms with E-state index in [-0.39, 0.29) is 5.91 Å². The standard InChI is InChI=1S/C15H12N2O2/c1-11-5-7-13(8-6-11)17-15(19)12-3-2-4-14(9-12)16-10-18/h2-9H,1H3,(H,17,19). The number of carbonyl (C=O) groups excluding carboxylic acids is 2. The molecule has 2 aromatic carbocycles. The van der Waals surface area contributed by atoms with Crippen LogP contribution in [0, 0.1) is 6.92 Å². The second-order valence-electron chi connectivity index (χ2n) is 4.07. The van der Waals surface area contributed by atoms with Crippen molar-refractivity contribution in [2.24, 2.45) is 4.99 Å². The number of isocyanates is 1. The second-order valence-corrected chi connectivity index (χ2v) is 4.07. The summed E-state index contributed by atoms with van der Waals surface area (Å²) in [6.45, 7) is 1.98. The lowest BCUT2D eigenvalue weighted by atomic mass is 10.1. The first-order chi connectivity index (χ1) is 9.19. The van der Waals surface area contributed by atoms with Crippen molar-refractivity contribution in [1.82, 2.24) is 0 Å². The normalized spacial score (nSPS) is 9.53. The molecule has 0 saturated heterocycles. The molecule has 2 rings (SSSR count). The molecule has 0 bridgehead atoms. The van der Waals surface area contributed by atoms with E-state index < -0.39 is 0 Å². The van der Waals surface area contributed by atoms with Gasteiger partial charge in [-0.1, -0.05) is 23.8 Å². The van der Waals surface area contributed by atoms with Crippen LogP contribution in [0.1, 0.15) is 15.9 Å². The molecule has 1 amide bonds. The Balaban J connectivity index is 2.17. The highest BCUT2D eigenvalue weighted by atomic mass is 16.1. The molecule has 0 radical (unpaired) electrons. The van der Waals surface area contributed by atoms with Crippen LogP contribution in [-0.2, 0) is 4.79 Å². The highest BCUT2D eigenvalue weighted by Crippen LogP contribution is 2.15. The van der Waals surface area contributed by atoms with Gasteiger partial charge in [-0.15, -0.1) is 0 Å². The molecule has 0 saturated carbocycles. The van der Waals surface area contributed by atoms with Crippen molar-refractivity contribution in [2.45, 2.75) is 6.92 Å². The fourth-order valence-corrected chi connectivity index (χ4v) is 1.61. The Morgan fingerprint density at radius 1 is 1.16 bits per heavy atom. The van der Waals surface area contributed by atoms with E-state index in [1.807, 2.05) is 31.2 Å². The third kappa shape index (κ3) is 3.37. The van der Waals surface area contributed by atoms with Gasteiger partial charge in [-0.2, -0.15) is 4.99 Å². The largest absolute Gasteiger partial charge is 0.322 e. The molecule has 0 aliphatic rings. The zero-order chi connectivity index (χ0) is 13.7. The van der Waals surface area contributed by atoms with Gasteiger partial charge in [0.05, 0.1) is 5.69 Å². The fourth-order valence-electron chi connectivity index (χ4n) is 1.61. The van der Waals surface area contributed by atoms with Gasteiger partial charge in [0.2, 0.25) is 6.08 Å². The predicted octanol–water partition coefficient (Wildman–Crippen LogP) is 3.21. The smallest absolute Gasteiger partial charge is 0.255 e.